The first-order valence-electron chi connectivity index (χ1n) is 4.00. The van der Waals surface area contributed by atoms with Crippen LogP contribution in [-0.2, 0) is 19.6 Å². The highest BCUT2D eigenvalue weighted by atomic mass is 32.2. The van der Waals surface area contributed by atoms with E-state index in [9.17, 15) is 13.2 Å². The van der Waals surface area contributed by atoms with Gasteiger partial charge in [-0.2, -0.15) is 8.42 Å². The van der Waals surface area contributed by atoms with E-state index in [4.69, 9.17) is 4.55 Å². The Morgan fingerprint density at radius 1 is 1.46 bits per heavy atom. The molecule has 0 rings (SSSR count). The summed E-state index contributed by atoms with van der Waals surface area (Å²) in [5, 5.41) is 0. The van der Waals surface area contributed by atoms with Crippen LogP contribution in [0.1, 0.15) is 26.2 Å². The Balaban J connectivity index is 3.49. The Hall–Kier alpha value is -0.460. The van der Waals surface area contributed by atoms with Crippen LogP contribution in [0.3, 0.4) is 0 Å². The molecule has 0 radical (unpaired) electrons. The summed E-state index contributed by atoms with van der Waals surface area (Å²) in [4.78, 5) is 10.9. The van der Waals surface area contributed by atoms with Crippen molar-refractivity contribution in [1.29, 1.82) is 0 Å². The third-order valence-electron chi connectivity index (χ3n) is 1.30. The zero-order chi connectivity index (χ0) is 10.3. The van der Waals surface area contributed by atoms with Gasteiger partial charge in [-0.1, -0.05) is 13.3 Å². The first-order chi connectivity index (χ1) is 5.95. The molecule has 0 aromatic rings. The van der Waals surface area contributed by atoms with E-state index in [0.29, 0.717) is 6.42 Å². The van der Waals surface area contributed by atoms with Crippen molar-refractivity contribution in [2.45, 2.75) is 26.2 Å². The first-order valence-corrected chi connectivity index (χ1v) is 5.61. The third-order valence-corrected chi connectivity index (χ3v) is 1.77. The zero-order valence-electron chi connectivity index (χ0n) is 7.52. The number of hydrogen-bond donors (Lipinski definition) is 1. The topological polar surface area (TPSA) is 80.7 Å². The van der Waals surface area contributed by atoms with Gasteiger partial charge in [0.05, 0.1) is 0 Å². The Bertz CT molecular complexity index is 244. The van der Waals surface area contributed by atoms with Crippen molar-refractivity contribution in [3.05, 3.63) is 0 Å². The van der Waals surface area contributed by atoms with E-state index in [1.807, 2.05) is 6.92 Å². The summed E-state index contributed by atoms with van der Waals surface area (Å²) < 4.78 is 33.0. The molecule has 0 heterocycles. The molecule has 0 fully saturated rings. The summed E-state index contributed by atoms with van der Waals surface area (Å²) in [7, 11) is -4.11. The summed E-state index contributed by atoms with van der Waals surface area (Å²) in [5.74, 6) is -0.962. The minimum absolute atomic E-state index is 0.148. The molecule has 13 heavy (non-hydrogen) atoms. The van der Waals surface area contributed by atoms with Gasteiger partial charge in [0, 0.05) is 6.42 Å². The molecular weight excluding hydrogens is 196 g/mol. The predicted octanol–water partition coefficient (Wildman–Crippen LogP) is 0.608. The minimum atomic E-state index is -4.11. The van der Waals surface area contributed by atoms with E-state index < -0.39 is 16.1 Å². The van der Waals surface area contributed by atoms with Crippen molar-refractivity contribution in [1.82, 2.24) is 0 Å². The molecule has 0 unspecified atom stereocenters. The van der Waals surface area contributed by atoms with Crippen LogP contribution in [0.15, 0.2) is 0 Å². The third kappa shape index (κ3) is 9.45. The van der Waals surface area contributed by atoms with Crippen LogP contribution in [0.5, 0.6) is 0 Å². The fraction of sp³-hybridized carbons (Fsp3) is 0.857. The molecule has 0 bridgehead atoms. The van der Waals surface area contributed by atoms with E-state index in [1.165, 1.54) is 0 Å². The van der Waals surface area contributed by atoms with Crippen molar-refractivity contribution >= 4 is 15.9 Å². The van der Waals surface area contributed by atoms with Crippen molar-refractivity contribution in [3.63, 3.8) is 0 Å². The van der Waals surface area contributed by atoms with Crippen molar-refractivity contribution < 1.29 is 22.5 Å². The van der Waals surface area contributed by atoms with E-state index in [0.717, 1.165) is 12.8 Å². The quantitative estimate of drug-likeness (QED) is 0.622. The lowest BCUT2D eigenvalue weighted by Gasteiger charge is -2.00. The van der Waals surface area contributed by atoms with Gasteiger partial charge in [0.2, 0.25) is 0 Å². The van der Waals surface area contributed by atoms with Gasteiger partial charge in [-0.05, 0) is 6.42 Å². The summed E-state index contributed by atoms with van der Waals surface area (Å²) in [6, 6.07) is 0. The summed E-state index contributed by atoms with van der Waals surface area (Å²) in [6.07, 6.45) is 2.07. The van der Waals surface area contributed by atoms with Gasteiger partial charge in [-0.3, -0.25) is 9.35 Å². The molecule has 0 spiro atoms. The fourth-order valence-electron chi connectivity index (χ4n) is 0.707. The number of unbranched alkanes of at least 4 members (excludes halogenated alkanes) is 1. The summed E-state index contributed by atoms with van der Waals surface area (Å²) in [5.41, 5.74) is 0. The van der Waals surface area contributed by atoms with E-state index in [-0.39, 0.29) is 12.4 Å². The molecule has 6 heteroatoms. The van der Waals surface area contributed by atoms with Gasteiger partial charge in [-0.15, -0.1) is 0 Å². The summed E-state index contributed by atoms with van der Waals surface area (Å²) in [6.45, 7) is 1.70. The van der Waals surface area contributed by atoms with Gasteiger partial charge in [0.1, 0.15) is 6.61 Å². The maximum atomic E-state index is 10.9. The molecule has 0 aromatic heterocycles. The molecule has 0 amide bonds. The number of Topliss-reactive ketones (excluding diaryl/α,β-unsaturated/α-hetero) is 1. The molecule has 78 valence electrons. The van der Waals surface area contributed by atoms with Gasteiger partial charge in [0.15, 0.2) is 11.7 Å². The van der Waals surface area contributed by atoms with Gasteiger partial charge in [-0.25, -0.2) is 0 Å². The maximum Gasteiger partial charge on any atom is 0.289 e. The lowest BCUT2D eigenvalue weighted by Crippen LogP contribution is -2.14. The largest absolute Gasteiger partial charge is 0.355 e. The number of hydrogen-bond acceptors (Lipinski definition) is 4. The molecule has 0 atom stereocenters. The van der Waals surface area contributed by atoms with E-state index in [2.05, 4.69) is 4.74 Å². The lowest BCUT2D eigenvalue weighted by atomic mass is 10.2. The average Bonchev–Trinajstić information content (AvgIpc) is 1.98. The zero-order valence-corrected chi connectivity index (χ0v) is 8.34. The van der Waals surface area contributed by atoms with Crippen LogP contribution in [0.25, 0.3) is 0 Å². The number of ketones is 1. The van der Waals surface area contributed by atoms with Crippen molar-refractivity contribution in [2.24, 2.45) is 0 Å². The second kappa shape index (κ2) is 6.06. The molecule has 0 aliphatic carbocycles. The molecule has 1 N–H and O–H groups in total. The minimum Gasteiger partial charge on any atom is -0.355 e. The molecule has 0 aromatic carbocycles. The lowest BCUT2D eigenvalue weighted by molar-refractivity contribution is -0.123. The SMILES string of the molecule is CCCCC(=O)COCS(=O)(=O)O. The monoisotopic (exact) mass is 210 g/mol. The Morgan fingerprint density at radius 3 is 2.54 bits per heavy atom. The number of carbonyl (C=O) groups is 1. The average molecular weight is 210 g/mol. The second-order valence-electron chi connectivity index (χ2n) is 2.69. The van der Waals surface area contributed by atoms with Crippen LogP contribution >= 0.6 is 0 Å². The smallest absolute Gasteiger partial charge is 0.289 e. The predicted molar refractivity (Wildman–Crippen MR) is 46.9 cm³/mol. The Labute approximate surface area is 77.8 Å². The molecule has 0 saturated carbocycles. The summed E-state index contributed by atoms with van der Waals surface area (Å²) >= 11 is 0. The first kappa shape index (κ1) is 12.5. The molecule has 0 aliphatic rings. The van der Waals surface area contributed by atoms with E-state index in [1.54, 1.807) is 0 Å². The maximum absolute atomic E-state index is 10.9. The number of rotatable bonds is 7. The Kier molecular flexibility index (Phi) is 5.85. The highest BCUT2D eigenvalue weighted by molar-refractivity contribution is 7.85. The normalized spacial score (nSPS) is 11.5. The standard InChI is InChI=1S/C7H14O5S/c1-2-3-4-7(8)5-12-6-13(9,10)11/h2-6H2,1H3,(H,9,10,11). The molecule has 0 saturated heterocycles. The van der Waals surface area contributed by atoms with Crippen LogP contribution in [-0.4, -0.2) is 31.3 Å². The van der Waals surface area contributed by atoms with Crippen molar-refractivity contribution in [3.8, 4) is 0 Å². The van der Waals surface area contributed by atoms with Crippen LogP contribution < -0.4 is 0 Å². The number of carbonyl (C=O) groups excluding carboxylic acids is 1. The highest BCUT2D eigenvalue weighted by Crippen LogP contribution is 1.96. The molecule has 5 nitrogen and oxygen atoms in total. The number of ether oxygens (including phenoxy) is 1. The van der Waals surface area contributed by atoms with Crippen LogP contribution in [0.2, 0.25) is 0 Å². The van der Waals surface area contributed by atoms with Gasteiger partial charge in [0.25, 0.3) is 10.1 Å². The molecule has 0 aliphatic heterocycles. The van der Waals surface area contributed by atoms with Gasteiger partial charge < -0.3 is 4.74 Å². The van der Waals surface area contributed by atoms with Crippen molar-refractivity contribution in [2.75, 3.05) is 12.5 Å². The fourth-order valence-corrected chi connectivity index (χ4v) is 1.00. The van der Waals surface area contributed by atoms with Crippen LogP contribution in [0.4, 0.5) is 0 Å². The molecular formula is C7H14O5S. The second-order valence-corrected chi connectivity index (χ2v) is 4.09. The van der Waals surface area contributed by atoms with E-state index >= 15 is 0 Å². The van der Waals surface area contributed by atoms with Crippen LogP contribution in [0, 0.1) is 0 Å². The van der Waals surface area contributed by atoms with Gasteiger partial charge >= 0.3 is 0 Å². The highest BCUT2D eigenvalue weighted by Gasteiger charge is 2.06. The Morgan fingerprint density at radius 2 is 2.08 bits per heavy atom.